The lowest BCUT2D eigenvalue weighted by Gasteiger charge is -2.14. The van der Waals surface area contributed by atoms with Crippen molar-refractivity contribution in [3.8, 4) is 22.3 Å². The minimum atomic E-state index is -0.476. The summed E-state index contributed by atoms with van der Waals surface area (Å²) in [6.07, 6.45) is 5.49. The third-order valence-electron chi connectivity index (χ3n) is 4.92. The van der Waals surface area contributed by atoms with E-state index in [1.807, 2.05) is 51.2 Å². The first-order valence-corrected chi connectivity index (χ1v) is 10.9. The van der Waals surface area contributed by atoms with Crippen molar-refractivity contribution < 1.29 is 0 Å². The van der Waals surface area contributed by atoms with E-state index in [0.29, 0.717) is 5.84 Å². The van der Waals surface area contributed by atoms with E-state index in [2.05, 4.69) is 82.5 Å². The van der Waals surface area contributed by atoms with Gasteiger partial charge in [0.15, 0.2) is 0 Å². The van der Waals surface area contributed by atoms with Gasteiger partial charge in [0.05, 0.1) is 5.54 Å². The van der Waals surface area contributed by atoms with Crippen LogP contribution in [0.1, 0.15) is 19.4 Å². The van der Waals surface area contributed by atoms with Crippen LogP contribution in [0.25, 0.3) is 22.3 Å². The number of nitrogens with one attached hydrogen (secondary N) is 1. The summed E-state index contributed by atoms with van der Waals surface area (Å²) in [6, 6.07) is 27.1. The second-order valence-corrected chi connectivity index (χ2v) is 8.20. The van der Waals surface area contributed by atoms with E-state index in [0.717, 1.165) is 16.7 Å². The van der Waals surface area contributed by atoms with Gasteiger partial charge in [-0.1, -0.05) is 97.6 Å². The molecule has 0 aliphatic heterocycles. The van der Waals surface area contributed by atoms with Crippen molar-refractivity contribution in [2.24, 2.45) is 9.98 Å². The van der Waals surface area contributed by atoms with Crippen molar-refractivity contribution in [3.05, 3.63) is 109 Å². The van der Waals surface area contributed by atoms with E-state index >= 15 is 0 Å². The Labute approximate surface area is 195 Å². The highest BCUT2D eigenvalue weighted by molar-refractivity contribution is 6.65. The van der Waals surface area contributed by atoms with Crippen LogP contribution in [0, 0.1) is 0 Å². The average Bonchev–Trinajstić information content (AvgIpc) is 2.82. The lowest BCUT2D eigenvalue weighted by Crippen LogP contribution is -2.21. The Balaban J connectivity index is 1.87. The largest absolute Gasteiger partial charge is 0.373 e. The monoisotopic (exact) mass is 441 g/mol. The molecule has 0 saturated carbocycles. The van der Waals surface area contributed by atoms with Gasteiger partial charge in [-0.15, -0.1) is 0 Å². The number of allylic oxidation sites excluding steroid dienone is 2. The summed E-state index contributed by atoms with van der Waals surface area (Å²) in [5.41, 5.74) is 5.10. The maximum absolute atomic E-state index is 6.36. The van der Waals surface area contributed by atoms with E-state index in [9.17, 15) is 0 Å². The Kier molecular flexibility index (Phi) is 7.80. The molecule has 3 aromatic rings. The zero-order valence-electron chi connectivity index (χ0n) is 18.7. The highest BCUT2D eigenvalue weighted by atomic mass is 35.5. The van der Waals surface area contributed by atoms with Gasteiger partial charge in [0.1, 0.15) is 5.84 Å². The molecule has 32 heavy (non-hydrogen) atoms. The molecule has 4 heteroatoms. The number of benzene rings is 3. The molecule has 162 valence electrons. The molecule has 0 heterocycles. The molecule has 0 amide bonds. The number of rotatable bonds is 6. The van der Waals surface area contributed by atoms with Gasteiger partial charge in [-0.05, 0) is 53.8 Å². The second-order valence-electron chi connectivity index (χ2n) is 7.86. The van der Waals surface area contributed by atoms with Crippen LogP contribution in [-0.4, -0.2) is 23.7 Å². The first-order valence-electron chi connectivity index (χ1n) is 10.5. The Morgan fingerprint density at radius 3 is 2.09 bits per heavy atom. The van der Waals surface area contributed by atoms with E-state index in [1.165, 1.54) is 11.1 Å². The molecule has 3 nitrogen and oxygen atoms in total. The fourth-order valence-corrected chi connectivity index (χ4v) is 3.59. The average molecular weight is 442 g/mol. The van der Waals surface area contributed by atoms with Crippen LogP contribution in [-0.2, 0) is 0 Å². The minimum Gasteiger partial charge on any atom is -0.373 e. The number of aliphatic imine (C=N–C) groups is 2. The summed E-state index contributed by atoms with van der Waals surface area (Å²) in [5.74, 6) is 0.657. The first-order chi connectivity index (χ1) is 15.4. The molecule has 0 aliphatic rings. The quantitative estimate of drug-likeness (QED) is 0.188. The SMILES string of the molecule is C=C/C=C\C(C)(C)/N=C(Cl)\N=C(/NC)c1cccc(-c2ccc(-c3ccccc3)cc2)c1. The van der Waals surface area contributed by atoms with Crippen LogP contribution in [0.4, 0.5) is 0 Å². The molecule has 0 radical (unpaired) electrons. The Morgan fingerprint density at radius 2 is 1.47 bits per heavy atom. The van der Waals surface area contributed by atoms with Gasteiger partial charge in [0, 0.05) is 12.6 Å². The van der Waals surface area contributed by atoms with E-state index in [1.54, 1.807) is 6.08 Å². The van der Waals surface area contributed by atoms with Gasteiger partial charge < -0.3 is 5.32 Å². The third-order valence-corrected chi connectivity index (χ3v) is 5.09. The van der Waals surface area contributed by atoms with Crippen molar-refractivity contribution in [3.63, 3.8) is 0 Å². The smallest absolute Gasteiger partial charge is 0.220 e. The van der Waals surface area contributed by atoms with Crippen molar-refractivity contribution >= 4 is 22.7 Å². The topological polar surface area (TPSA) is 36.8 Å². The van der Waals surface area contributed by atoms with Crippen molar-refractivity contribution in [1.82, 2.24) is 5.32 Å². The first kappa shape index (κ1) is 23.2. The Hall–Kier alpha value is -3.43. The zero-order valence-corrected chi connectivity index (χ0v) is 19.5. The minimum absolute atomic E-state index is 0.186. The van der Waals surface area contributed by atoms with Gasteiger partial charge >= 0.3 is 0 Å². The summed E-state index contributed by atoms with van der Waals surface area (Å²) in [5, 5.41) is 3.32. The van der Waals surface area contributed by atoms with Crippen LogP contribution in [0.2, 0.25) is 0 Å². The molecule has 0 spiro atoms. The summed E-state index contributed by atoms with van der Waals surface area (Å²) < 4.78 is 0. The van der Waals surface area contributed by atoms with Crippen molar-refractivity contribution in [1.29, 1.82) is 0 Å². The molecular weight excluding hydrogens is 414 g/mol. The standard InChI is InChI=1S/C28H28ClN3/c1-5-6-19-28(2,3)32-27(29)31-26(30-4)25-14-10-13-24(20-25)23-17-15-22(16-18-23)21-11-8-7-9-12-21/h5-20H,1H2,2-4H3,(H,30,31,32)/b19-6-. The second kappa shape index (κ2) is 10.7. The molecule has 0 saturated heterocycles. The molecule has 0 aliphatic carbocycles. The molecule has 3 rings (SSSR count). The highest BCUT2D eigenvalue weighted by Gasteiger charge is 2.13. The van der Waals surface area contributed by atoms with E-state index < -0.39 is 5.54 Å². The van der Waals surface area contributed by atoms with Crippen LogP contribution >= 0.6 is 11.6 Å². The summed E-state index contributed by atoms with van der Waals surface area (Å²) >= 11 is 6.36. The number of hydrogen-bond acceptors (Lipinski definition) is 1. The maximum Gasteiger partial charge on any atom is 0.220 e. The zero-order chi connectivity index (χ0) is 23.0. The molecule has 0 fully saturated rings. The van der Waals surface area contributed by atoms with E-state index in [-0.39, 0.29) is 5.29 Å². The third kappa shape index (κ3) is 6.29. The number of hydrogen-bond donors (Lipinski definition) is 1. The molecule has 0 aromatic heterocycles. The van der Waals surface area contributed by atoms with Gasteiger partial charge in [-0.2, -0.15) is 0 Å². The lowest BCUT2D eigenvalue weighted by atomic mass is 9.99. The molecule has 0 bridgehead atoms. The van der Waals surface area contributed by atoms with Gasteiger partial charge in [-0.3, -0.25) is 0 Å². The summed E-state index contributed by atoms with van der Waals surface area (Å²) in [4.78, 5) is 9.01. The van der Waals surface area contributed by atoms with Crippen LogP contribution in [0.5, 0.6) is 0 Å². The molecule has 1 N–H and O–H groups in total. The number of halogens is 1. The van der Waals surface area contributed by atoms with Crippen LogP contribution < -0.4 is 5.32 Å². The molecule has 0 unspecified atom stereocenters. The summed E-state index contributed by atoms with van der Waals surface area (Å²) in [6.45, 7) is 7.62. The molecule has 3 aromatic carbocycles. The Morgan fingerprint density at radius 1 is 0.875 bits per heavy atom. The number of nitrogens with zero attached hydrogens (tertiary/aromatic N) is 2. The molecular formula is C28H28ClN3. The highest BCUT2D eigenvalue weighted by Crippen LogP contribution is 2.25. The van der Waals surface area contributed by atoms with Crippen molar-refractivity contribution in [2.75, 3.05) is 7.05 Å². The fraction of sp³-hybridized carbons (Fsp3) is 0.143. The number of amidine groups is 2. The Bertz CT molecular complexity index is 1140. The maximum atomic E-state index is 6.36. The predicted molar refractivity (Wildman–Crippen MR) is 140 cm³/mol. The summed E-state index contributed by atoms with van der Waals surface area (Å²) in [7, 11) is 1.83. The lowest BCUT2D eigenvalue weighted by molar-refractivity contribution is 0.659. The normalized spacial score (nSPS) is 12.8. The predicted octanol–water partition coefficient (Wildman–Crippen LogP) is 7.10. The van der Waals surface area contributed by atoms with Gasteiger partial charge in [0.25, 0.3) is 0 Å². The van der Waals surface area contributed by atoms with Crippen LogP contribution in [0.15, 0.2) is 114 Å². The molecule has 0 atom stereocenters. The van der Waals surface area contributed by atoms with Crippen molar-refractivity contribution in [2.45, 2.75) is 19.4 Å². The fourth-order valence-electron chi connectivity index (χ4n) is 3.29. The van der Waals surface area contributed by atoms with Gasteiger partial charge in [0.2, 0.25) is 5.29 Å². The van der Waals surface area contributed by atoms with E-state index in [4.69, 9.17) is 11.6 Å². The van der Waals surface area contributed by atoms with Crippen LogP contribution in [0.3, 0.4) is 0 Å². The van der Waals surface area contributed by atoms with Gasteiger partial charge in [-0.25, -0.2) is 9.98 Å².